The molecule has 0 bridgehead atoms. The van der Waals surface area contributed by atoms with Gasteiger partial charge in [-0.2, -0.15) is 0 Å². The fourth-order valence-corrected chi connectivity index (χ4v) is 2.17. The van der Waals surface area contributed by atoms with Crippen LogP contribution in [0, 0.1) is 0 Å². The van der Waals surface area contributed by atoms with Crippen LogP contribution in [0.1, 0.15) is 12.8 Å². The summed E-state index contributed by atoms with van der Waals surface area (Å²) in [6, 6.07) is 1.75. The fourth-order valence-electron chi connectivity index (χ4n) is 2.17. The predicted octanol–water partition coefficient (Wildman–Crippen LogP) is -0.429. The van der Waals surface area contributed by atoms with E-state index in [2.05, 4.69) is 15.3 Å². The number of nitrogens with one attached hydrogen (secondary N) is 1. The summed E-state index contributed by atoms with van der Waals surface area (Å²) in [6.45, 7) is 1.71. The molecule has 0 radical (unpaired) electrons. The number of ether oxygens (including phenoxy) is 1. The van der Waals surface area contributed by atoms with E-state index in [1.54, 1.807) is 25.6 Å². The standard InChI is InChI=1S/C13H20N4O3/c1-20-8-3-11(18)16-9-13(19)4-7-17(10-13)12-14-5-2-6-15-12/h2,5-6,19H,3-4,7-10H2,1H3,(H,16,18). The van der Waals surface area contributed by atoms with Crippen LogP contribution in [-0.2, 0) is 9.53 Å². The first-order valence-electron chi connectivity index (χ1n) is 6.63. The number of nitrogens with zero attached hydrogens (tertiary/aromatic N) is 3. The average molecular weight is 280 g/mol. The van der Waals surface area contributed by atoms with Gasteiger partial charge in [-0.15, -0.1) is 0 Å². The zero-order valence-electron chi connectivity index (χ0n) is 11.6. The number of anilines is 1. The van der Waals surface area contributed by atoms with Gasteiger partial charge in [-0.3, -0.25) is 4.79 Å². The molecule has 1 aromatic rings. The Morgan fingerprint density at radius 2 is 2.30 bits per heavy atom. The van der Waals surface area contributed by atoms with Gasteiger partial charge in [-0.05, 0) is 12.5 Å². The van der Waals surface area contributed by atoms with Gasteiger partial charge in [0, 0.05) is 39.0 Å². The molecule has 0 spiro atoms. The van der Waals surface area contributed by atoms with Gasteiger partial charge in [-0.1, -0.05) is 0 Å². The zero-order valence-corrected chi connectivity index (χ0v) is 11.6. The Morgan fingerprint density at radius 1 is 1.55 bits per heavy atom. The van der Waals surface area contributed by atoms with Crippen molar-refractivity contribution in [1.29, 1.82) is 0 Å². The lowest BCUT2D eigenvalue weighted by Gasteiger charge is -2.23. The van der Waals surface area contributed by atoms with Crippen molar-refractivity contribution in [2.24, 2.45) is 0 Å². The van der Waals surface area contributed by atoms with E-state index in [9.17, 15) is 9.90 Å². The van der Waals surface area contributed by atoms with Gasteiger partial charge in [0.1, 0.15) is 5.60 Å². The van der Waals surface area contributed by atoms with Gasteiger partial charge in [0.2, 0.25) is 11.9 Å². The summed E-state index contributed by atoms with van der Waals surface area (Å²) >= 11 is 0. The van der Waals surface area contributed by atoms with Crippen molar-refractivity contribution in [1.82, 2.24) is 15.3 Å². The Hall–Kier alpha value is -1.73. The second-order valence-corrected chi connectivity index (χ2v) is 4.96. The van der Waals surface area contributed by atoms with E-state index in [1.165, 1.54) is 0 Å². The number of hydrogen-bond acceptors (Lipinski definition) is 6. The number of hydrogen-bond donors (Lipinski definition) is 2. The van der Waals surface area contributed by atoms with E-state index in [0.29, 0.717) is 38.5 Å². The molecule has 1 unspecified atom stereocenters. The van der Waals surface area contributed by atoms with Crippen LogP contribution in [-0.4, -0.2) is 59.9 Å². The minimum Gasteiger partial charge on any atom is -0.386 e. The number of aliphatic hydroxyl groups is 1. The predicted molar refractivity (Wildman–Crippen MR) is 73.3 cm³/mol. The summed E-state index contributed by atoms with van der Waals surface area (Å²) in [5.74, 6) is 0.490. The maximum atomic E-state index is 11.5. The smallest absolute Gasteiger partial charge is 0.225 e. The monoisotopic (exact) mass is 280 g/mol. The Kier molecular flexibility index (Phi) is 4.86. The quantitative estimate of drug-likeness (QED) is 0.735. The molecule has 1 amide bonds. The molecule has 20 heavy (non-hydrogen) atoms. The maximum absolute atomic E-state index is 11.5. The molecule has 7 nitrogen and oxygen atoms in total. The summed E-state index contributed by atoms with van der Waals surface area (Å²) in [5, 5.41) is 13.2. The van der Waals surface area contributed by atoms with Crippen molar-refractivity contribution in [2.45, 2.75) is 18.4 Å². The molecule has 1 saturated heterocycles. The number of carbonyl (C=O) groups is 1. The normalized spacial score (nSPS) is 22.0. The van der Waals surface area contributed by atoms with E-state index >= 15 is 0 Å². The van der Waals surface area contributed by atoms with Crippen molar-refractivity contribution in [2.75, 3.05) is 38.3 Å². The SMILES string of the molecule is COCCC(=O)NCC1(O)CCN(c2ncccn2)C1. The summed E-state index contributed by atoms with van der Waals surface area (Å²) in [6.07, 6.45) is 4.23. The van der Waals surface area contributed by atoms with E-state index in [4.69, 9.17) is 4.74 Å². The zero-order chi connectivity index (χ0) is 14.4. The molecule has 110 valence electrons. The molecule has 0 aromatic carbocycles. The maximum Gasteiger partial charge on any atom is 0.225 e. The van der Waals surface area contributed by atoms with Gasteiger partial charge in [-0.25, -0.2) is 9.97 Å². The number of methoxy groups -OCH3 is 1. The van der Waals surface area contributed by atoms with Crippen LogP contribution < -0.4 is 10.2 Å². The number of amides is 1. The molecule has 1 aromatic heterocycles. The highest BCUT2D eigenvalue weighted by atomic mass is 16.5. The average Bonchev–Trinajstić information content (AvgIpc) is 2.87. The molecule has 0 saturated carbocycles. The van der Waals surface area contributed by atoms with Crippen molar-refractivity contribution in [3.8, 4) is 0 Å². The Labute approximate surface area is 118 Å². The van der Waals surface area contributed by atoms with Crippen molar-refractivity contribution < 1.29 is 14.6 Å². The third-order valence-corrected chi connectivity index (χ3v) is 3.32. The van der Waals surface area contributed by atoms with Crippen molar-refractivity contribution in [3.05, 3.63) is 18.5 Å². The van der Waals surface area contributed by atoms with E-state index in [-0.39, 0.29) is 12.5 Å². The second kappa shape index (κ2) is 6.62. The van der Waals surface area contributed by atoms with Gasteiger partial charge in [0.25, 0.3) is 0 Å². The van der Waals surface area contributed by atoms with Crippen molar-refractivity contribution in [3.63, 3.8) is 0 Å². The first-order valence-corrected chi connectivity index (χ1v) is 6.63. The Balaban J connectivity index is 1.83. The van der Waals surface area contributed by atoms with Gasteiger partial charge < -0.3 is 20.1 Å². The second-order valence-electron chi connectivity index (χ2n) is 4.96. The molecule has 2 heterocycles. The van der Waals surface area contributed by atoms with E-state index in [1.807, 2.05) is 4.90 Å². The molecule has 2 N–H and O–H groups in total. The molecular weight excluding hydrogens is 260 g/mol. The number of rotatable bonds is 6. The van der Waals surface area contributed by atoms with Crippen LogP contribution in [0.2, 0.25) is 0 Å². The highest BCUT2D eigenvalue weighted by Crippen LogP contribution is 2.23. The third-order valence-electron chi connectivity index (χ3n) is 3.32. The summed E-state index contributed by atoms with van der Waals surface area (Å²) in [5.41, 5.74) is -0.929. The highest BCUT2D eigenvalue weighted by molar-refractivity contribution is 5.76. The van der Waals surface area contributed by atoms with Crippen LogP contribution >= 0.6 is 0 Å². The van der Waals surface area contributed by atoms with Gasteiger partial charge in [0.15, 0.2) is 0 Å². The molecule has 0 aliphatic carbocycles. The fraction of sp³-hybridized carbons (Fsp3) is 0.615. The lowest BCUT2D eigenvalue weighted by atomic mass is 10.0. The molecule has 1 atom stereocenters. The Morgan fingerprint density at radius 3 is 3.00 bits per heavy atom. The van der Waals surface area contributed by atoms with Gasteiger partial charge in [0.05, 0.1) is 13.2 Å². The van der Waals surface area contributed by atoms with Crippen LogP contribution in [0.15, 0.2) is 18.5 Å². The minimum atomic E-state index is -0.929. The first-order chi connectivity index (χ1) is 9.63. The van der Waals surface area contributed by atoms with Crippen LogP contribution in [0.5, 0.6) is 0 Å². The Bertz CT molecular complexity index is 443. The molecule has 2 rings (SSSR count). The number of carbonyl (C=O) groups excluding carboxylic acids is 1. The molecule has 7 heteroatoms. The van der Waals surface area contributed by atoms with Crippen molar-refractivity contribution >= 4 is 11.9 Å². The first kappa shape index (κ1) is 14.7. The summed E-state index contributed by atoms with van der Waals surface area (Å²) in [4.78, 5) is 21.8. The number of β-amino-alcohol motifs (C(OH)–C–C–N with tert-alkyl or cyclic N) is 1. The van der Waals surface area contributed by atoms with E-state index < -0.39 is 5.60 Å². The number of aromatic nitrogens is 2. The lowest BCUT2D eigenvalue weighted by molar-refractivity contribution is -0.123. The van der Waals surface area contributed by atoms with Crippen LogP contribution in [0.3, 0.4) is 0 Å². The molecular formula is C13H20N4O3. The third kappa shape index (κ3) is 3.88. The van der Waals surface area contributed by atoms with Crippen LogP contribution in [0.4, 0.5) is 5.95 Å². The van der Waals surface area contributed by atoms with Gasteiger partial charge >= 0.3 is 0 Å². The molecule has 1 aliphatic heterocycles. The lowest BCUT2D eigenvalue weighted by Crippen LogP contribution is -2.45. The largest absolute Gasteiger partial charge is 0.386 e. The molecule has 1 fully saturated rings. The van der Waals surface area contributed by atoms with Crippen LogP contribution in [0.25, 0.3) is 0 Å². The summed E-state index contributed by atoms with van der Waals surface area (Å²) < 4.78 is 4.84. The minimum absolute atomic E-state index is 0.116. The topological polar surface area (TPSA) is 87.6 Å². The molecule has 1 aliphatic rings. The summed E-state index contributed by atoms with van der Waals surface area (Å²) in [7, 11) is 1.55. The highest BCUT2D eigenvalue weighted by Gasteiger charge is 2.37. The van der Waals surface area contributed by atoms with E-state index in [0.717, 1.165) is 0 Å².